The van der Waals surface area contributed by atoms with Gasteiger partial charge in [0.1, 0.15) is 0 Å². The topological polar surface area (TPSA) is 72.9 Å². The monoisotopic (exact) mass is 298 g/mol. The second kappa shape index (κ2) is 5.80. The SMILES string of the molecule is Nc1cccc(-n2ccc(C(=O)NCc3cccs3)n2)c1. The van der Waals surface area contributed by atoms with Crippen LogP contribution in [-0.2, 0) is 6.54 Å². The Bertz CT molecular complexity index is 749. The van der Waals surface area contributed by atoms with Gasteiger partial charge in [-0.25, -0.2) is 4.68 Å². The number of aromatic nitrogens is 2. The molecule has 21 heavy (non-hydrogen) atoms. The maximum absolute atomic E-state index is 12.0. The van der Waals surface area contributed by atoms with Crippen LogP contribution in [0.4, 0.5) is 5.69 Å². The van der Waals surface area contributed by atoms with Crippen molar-refractivity contribution in [2.45, 2.75) is 6.54 Å². The van der Waals surface area contributed by atoms with Crippen LogP contribution in [0.1, 0.15) is 15.4 Å². The molecule has 0 saturated heterocycles. The number of anilines is 1. The summed E-state index contributed by atoms with van der Waals surface area (Å²) >= 11 is 1.61. The van der Waals surface area contributed by atoms with Crippen LogP contribution < -0.4 is 11.1 Å². The minimum atomic E-state index is -0.189. The fourth-order valence-electron chi connectivity index (χ4n) is 1.93. The highest BCUT2D eigenvalue weighted by atomic mass is 32.1. The number of nitrogens with two attached hydrogens (primary N) is 1. The Hall–Kier alpha value is -2.60. The molecule has 5 nitrogen and oxygen atoms in total. The molecule has 2 aromatic heterocycles. The van der Waals surface area contributed by atoms with E-state index in [0.29, 0.717) is 17.9 Å². The lowest BCUT2D eigenvalue weighted by Crippen LogP contribution is -2.22. The van der Waals surface area contributed by atoms with E-state index in [1.807, 2.05) is 35.7 Å². The summed E-state index contributed by atoms with van der Waals surface area (Å²) in [6, 6.07) is 13.0. The predicted molar refractivity (Wildman–Crippen MR) is 83.5 cm³/mol. The molecule has 0 aliphatic heterocycles. The van der Waals surface area contributed by atoms with E-state index in [9.17, 15) is 4.79 Å². The van der Waals surface area contributed by atoms with Crippen molar-refractivity contribution in [2.75, 3.05) is 5.73 Å². The molecule has 1 aromatic carbocycles. The van der Waals surface area contributed by atoms with Gasteiger partial charge in [-0.1, -0.05) is 12.1 Å². The molecule has 3 rings (SSSR count). The first-order valence-electron chi connectivity index (χ1n) is 6.44. The third kappa shape index (κ3) is 3.11. The number of hydrogen-bond acceptors (Lipinski definition) is 4. The fourth-order valence-corrected chi connectivity index (χ4v) is 2.57. The standard InChI is InChI=1S/C15H14N4OS/c16-11-3-1-4-12(9-11)19-7-6-14(18-19)15(20)17-10-13-5-2-8-21-13/h1-9H,10,16H2,(H,17,20). The van der Waals surface area contributed by atoms with E-state index in [1.165, 1.54) is 0 Å². The zero-order valence-electron chi connectivity index (χ0n) is 11.2. The molecule has 3 aromatic rings. The van der Waals surface area contributed by atoms with Crippen LogP contribution in [0.15, 0.2) is 54.0 Å². The van der Waals surface area contributed by atoms with E-state index in [2.05, 4.69) is 10.4 Å². The summed E-state index contributed by atoms with van der Waals surface area (Å²) in [5.74, 6) is -0.189. The smallest absolute Gasteiger partial charge is 0.272 e. The third-order valence-corrected chi connectivity index (χ3v) is 3.84. The molecule has 0 unspecified atom stereocenters. The number of hydrogen-bond donors (Lipinski definition) is 2. The van der Waals surface area contributed by atoms with E-state index in [4.69, 9.17) is 5.73 Å². The van der Waals surface area contributed by atoms with Crippen LogP contribution in [0.2, 0.25) is 0 Å². The van der Waals surface area contributed by atoms with Crippen molar-refractivity contribution in [1.29, 1.82) is 0 Å². The number of nitrogens with one attached hydrogen (secondary N) is 1. The van der Waals surface area contributed by atoms with Crippen LogP contribution in [-0.4, -0.2) is 15.7 Å². The lowest BCUT2D eigenvalue weighted by molar-refractivity contribution is 0.0946. The molecule has 0 radical (unpaired) electrons. The van der Waals surface area contributed by atoms with Gasteiger partial charge in [-0.15, -0.1) is 11.3 Å². The number of amides is 1. The lowest BCUT2D eigenvalue weighted by Gasteiger charge is -2.03. The van der Waals surface area contributed by atoms with E-state index >= 15 is 0 Å². The molecule has 106 valence electrons. The third-order valence-electron chi connectivity index (χ3n) is 2.96. The minimum absolute atomic E-state index is 0.189. The Kier molecular flexibility index (Phi) is 3.70. The van der Waals surface area contributed by atoms with Gasteiger partial charge in [-0.3, -0.25) is 4.79 Å². The van der Waals surface area contributed by atoms with Crippen molar-refractivity contribution < 1.29 is 4.79 Å². The van der Waals surface area contributed by atoms with Gasteiger partial charge in [0.05, 0.1) is 12.2 Å². The van der Waals surface area contributed by atoms with Crippen molar-refractivity contribution in [3.8, 4) is 5.69 Å². The average Bonchev–Trinajstić information content (AvgIpc) is 3.16. The predicted octanol–water partition coefficient (Wildman–Crippen LogP) is 2.45. The summed E-state index contributed by atoms with van der Waals surface area (Å²) < 4.78 is 1.64. The summed E-state index contributed by atoms with van der Waals surface area (Å²) in [4.78, 5) is 13.2. The Morgan fingerprint density at radius 3 is 2.95 bits per heavy atom. The molecule has 6 heteroatoms. The number of carbonyl (C=O) groups excluding carboxylic acids is 1. The van der Waals surface area contributed by atoms with Crippen LogP contribution in [0.25, 0.3) is 5.69 Å². The van der Waals surface area contributed by atoms with Crippen molar-refractivity contribution in [1.82, 2.24) is 15.1 Å². The van der Waals surface area contributed by atoms with Gasteiger partial charge in [0, 0.05) is 16.8 Å². The first-order chi connectivity index (χ1) is 10.2. The van der Waals surface area contributed by atoms with Gasteiger partial charge < -0.3 is 11.1 Å². The number of benzene rings is 1. The Balaban J connectivity index is 1.71. The van der Waals surface area contributed by atoms with Gasteiger partial charge in [0.2, 0.25) is 0 Å². The zero-order chi connectivity index (χ0) is 14.7. The summed E-state index contributed by atoms with van der Waals surface area (Å²) in [5.41, 5.74) is 7.61. The molecular weight excluding hydrogens is 284 g/mol. The average molecular weight is 298 g/mol. The van der Waals surface area contributed by atoms with Gasteiger partial charge in [-0.2, -0.15) is 5.10 Å². The largest absolute Gasteiger partial charge is 0.399 e. The van der Waals surface area contributed by atoms with Crippen LogP contribution in [0.5, 0.6) is 0 Å². The Morgan fingerprint density at radius 2 is 2.19 bits per heavy atom. The summed E-state index contributed by atoms with van der Waals surface area (Å²) in [7, 11) is 0. The van der Waals surface area contributed by atoms with E-state index in [-0.39, 0.29) is 5.91 Å². The molecule has 2 heterocycles. The van der Waals surface area contributed by atoms with Crippen molar-refractivity contribution in [3.05, 3.63) is 64.6 Å². The van der Waals surface area contributed by atoms with E-state index < -0.39 is 0 Å². The number of rotatable bonds is 4. The second-order valence-corrected chi connectivity index (χ2v) is 5.53. The minimum Gasteiger partial charge on any atom is -0.399 e. The van der Waals surface area contributed by atoms with Crippen LogP contribution in [0.3, 0.4) is 0 Å². The molecule has 0 fully saturated rings. The van der Waals surface area contributed by atoms with Crippen LogP contribution >= 0.6 is 11.3 Å². The van der Waals surface area contributed by atoms with Gasteiger partial charge in [-0.05, 0) is 35.7 Å². The fraction of sp³-hybridized carbons (Fsp3) is 0.0667. The molecule has 0 aliphatic carbocycles. The first-order valence-corrected chi connectivity index (χ1v) is 7.32. The molecule has 0 saturated carbocycles. The van der Waals surface area contributed by atoms with Crippen molar-refractivity contribution in [3.63, 3.8) is 0 Å². The van der Waals surface area contributed by atoms with Crippen LogP contribution in [0, 0.1) is 0 Å². The molecule has 1 amide bonds. The molecular formula is C15H14N4OS. The number of nitrogen functional groups attached to an aromatic ring is 1. The molecule has 0 spiro atoms. The van der Waals surface area contributed by atoms with Gasteiger partial charge in [0.15, 0.2) is 5.69 Å². The highest BCUT2D eigenvalue weighted by molar-refractivity contribution is 7.09. The van der Waals surface area contributed by atoms with Crippen molar-refractivity contribution in [2.24, 2.45) is 0 Å². The number of thiophene rings is 1. The zero-order valence-corrected chi connectivity index (χ0v) is 12.0. The van der Waals surface area contributed by atoms with E-state index in [1.54, 1.807) is 34.3 Å². The Morgan fingerprint density at radius 1 is 1.29 bits per heavy atom. The highest BCUT2D eigenvalue weighted by Crippen LogP contribution is 2.12. The van der Waals surface area contributed by atoms with Crippen molar-refractivity contribution >= 4 is 22.9 Å². The Labute approximate surface area is 126 Å². The maximum Gasteiger partial charge on any atom is 0.272 e. The number of carbonyl (C=O) groups is 1. The van der Waals surface area contributed by atoms with Gasteiger partial charge >= 0.3 is 0 Å². The first kappa shape index (κ1) is 13.4. The molecule has 0 aliphatic rings. The normalized spacial score (nSPS) is 10.5. The second-order valence-electron chi connectivity index (χ2n) is 4.50. The quantitative estimate of drug-likeness (QED) is 0.727. The summed E-state index contributed by atoms with van der Waals surface area (Å²) in [5, 5.41) is 9.10. The lowest BCUT2D eigenvalue weighted by atomic mass is 10.3. The number of nitrogens with zero attached hydrogens (tertiary/aromatic N) is 2. The van der Waals surface area contributed by atoms with E-state index in [0.717, 1.165) is 10.6 Å². The molecule has 3 N–H and O–H groups in total. The van der Waals surface area contributed by atoms with Gasteiger partial charge in [0.25, 0.3) is 5.91 Å². The summed E-state index contributed by atoms with van der Waals surface area (Å²) in [6.45, 7) is 0.516. The summed E-state index contributed by atoms with van der Waals surface area (Å²) in [6.07, 6.45) is 1.74. The molecule has 0 atom stereocenters. The highest BCUT2D eigenvalue weighted by Gasteiger charge is 2.10. The molecule has 0 bridgehead atoms. The maximum atomic E-state index is 12.0.